The number of amides is 1. The first-order valence-corrected chi connectivity index (χ1v) is 10.6. The molecular weight excluding hydrogens is 398 g/mol. The molecule has 6 nitrogen and oxygen atoms in total. The van der Waals surface area contributed by atoms with Gasteiger partial charge in [0.15, 0.2) is 11.5 Å². The van der Waals surface area contributed by atoms with Gasteiger partial charge in [0.1, 0.15) is 11.3 Å². The van der Waals surface area contributed by atoms with Crippen LogP contribution in [-0.4, -0.2) is 41.0 Å². The number of benzene rings is 1. The lowest BCUT2D eigenvalue weighted by Crippen LogP contribution is -2.40. The summed E-state index contributed by atoms with van der Waals surface area (Å²) in [6.07, 6.45) is 4.45. The van der Waals surface area contributed by atoms with Crippen LogP contribution in [-0.2, 0) is 6.42 Å². The highest BCUT2D eigenvalue weighted by atomic mass is 32.1. The molecule has 0 radical (unpaired) electrons. The van der Waals surface area contributed by atoms with Crippen LogP contribution in [0.4, 0.5) is 0 Å². The first-order chi connectivity index (χ1) is 14.7. The predicted molar refractivity (Wildman–Crippen MR) is 116 cm³/mol. The van der Waals surface area contributed by atoms with Crippen molar-refractivity contribution < 1.29 is 14.3 Å². The van der Waals surface area contributed by atoms with Crippen LogP contribution in [0.5, 0.6) is 11.5 Å². The maximum Gasteiger partial charge on any atom is 0.274 e. The van der Waals surface area contributed by atoms with Crippen molar-refractivity contribution in [1.82, 2.24) is 14.3 Å². The molecule has 0 spiro atoms. The topological polar surface area (TPSA) is 56.1 Å². The van der Waals surface area contributed by atoms with Gasteiger partial charge in [0.25, 0.3) is 5.91 Å². The number of carbonyl (C=O) groups is 1. The highest BCUT2D eigenvalue weighted by molar-refractivity contribution is 7.10. The van der Waals surface area contributed by atoms with Crippen LogP contribution in [0, 0.1) is 0 Å². The molecule has 0 saturated heterocycles. The highest BCUT2D eigenvalue weighted by Gasteiger charge is 2.35. The number of aromatic nitrogens is 2. The first kappa shape index (κ1) is 18.7. The number of hydrogen-bond donors (Lipinski definition) is 0. The Labute approximate surface area is 178 Å². The molecule has 1 unspecified atom stereocenters. The van der Waals surface area contributed by atoms with Crippen LogP contribution in [0.15, 0.2) is 60.2 Å². The van der Waals surface area contributed by atoms with Crippen LogP contribution < -0.4 is 9.47 Å². The van der Waals surface area contributed by atoms with Gasteiger partial charge in [-0.3, -0.25) is 4.79 Å². The van der Waals surface area contributed by atoms with Gasteiger partial charge in [-0.05, 0) is 53.3 Å². The van der Waals surface area contributed by atoms with Crippen LogP contribution in [0.1, 0.15) is 32.5 Å². The van der Waals surface area contributed by atoms with E-state index in [2.05, 4.69) is 11.1 Å². The SMILES string of the molecule is COc1cc2c(cc1OC)C(c1cccs1)N(C(=O)c1cn3ccccc3n1)CC2. The average molecular weight is 420 g/mol. The van der Waals surface area contributed by atoms with Gasteiger partial charge in [0.2, 0.25) is 0 Å². The number of methoxy groups -OCH3 is 2. The molecule has 1 amide bonds. The molecule has 1 aliphatic heterocycles. The molecule has 1 atom stereocenters. The summed E-state index contributed by atoms with van der Waals surface area (Å²) in [5, 5.41) is 2.04. The Hall–Kier alpha value is -3.32. The normalized spacial score (nSPS) is 15.8. The Morgan fingerprint density at radius 3 is 2.70 bits per heavy atom. The van der Waals surface area contributed by atoms with E-state index in [1.54, 1.807) is 31.8 Å². The second-order valence-corrected chi connectivity index (χ2v) is 8.14. The molecule has 0 bridgehead atoms. The van der Waals surface area contributed by atoms with E-state index < -0.39 is 0 Å². The van der Waals surface area contributed by atoms with Gasteiger partial charge < -0.3 is 18.8 Å². The standard InChI is InChI=1S/C23H21N3O3S/c1-28-18-12-15-8-10-26(23(27)17-14-25-9-4-3-7-21(25)24-17)22(20-6-5-11-30-20)16(15)13-19(18)29-2/h3-7,9,11-14,22H,8,10H2,1-2H3. The second kappa shape index (κ2) is 7.50. The van der Waals surface area contributed by atoms with Crippen molar-refractivity contribution in [1.29, 1.82) is 0 Å². The van der Waals surface area contributed by atoms with Gasteiger partial charge in [-0.25, -0.2) is 4.98 Å². The van der Waals surface area contributed by atoms with Crippen molar-refractivity contribution in [3.05, 3.63) is 81.9 Å². The maximum absolute atomic E-state index is 13.6. The summed E-state index contributed by atoms with van der Waals surface area (Å²) in [5.41, 5.74) is 3.45. The molecule has 3 aromatic heterocycles. The lowest BCUT2D eigenvalue weighted by molar-refractivity contribution is 0.0691. The van der Waals surface area contributed by atoms with Gasteiger partial charge in [-0.2, -0.15) is 0 Å². The Kier molecular flexibility index (Phi) is 4.67. The smallest absolute Gasteiger partial charge is 0.274 e. The van der Waals surface area contributed by atoms with Crippen LogP contribution >= 0.6 is 11.3 Å². The number of fused-ring (bicyclic) bond motifs is 2. The summed E-state index contributed by atoms with van der Waals surface area (Å²) in [4.78, 5) is 21.1. The summed E-state index contributed by atoms with van der Waals surface area (Å²) in [7, 11) is 3.27. The third-order valence-corrected chi connectivity index (χ3v) is 6.46. The van der Waals surface area contributed by atoms with E-state index >= 15 is 0 Å². The molecular formula is C23H21N3O3S. The maximum atomic E-state index is 13.6. The minimum absolute atomic E-state index is 0.0717. The molecule has 152 valence electrons. The van der Waals surface area contributed by atoms with Gasteiger partial charge in [-0.1, -0.05) is 12.1 Å². The first-order valence-electron chi connectivity index (χ1n) is 9.72. The van der Waals surface area contributed by atoms with Gasteiger partial charge >= 0.3 is 0 Å². The van der Waals surface area contributed by atoms with E-state index in [1.165, 1.54) is 5.56 Å². The van der Waals surface area contributed by atoms with Gasteiger partial charge in [-0.15, -0.1) is 11.3 Å². The zero-order chi connectivity index (χ0) is 20.7. The van der Waals surface area contributed by atoms with Crippen molar-refractivity contribution in [3.8, 4) is 11.5 Å². The van der Waals surface area contributed by atoms with E-state index in [9.17, 15) is 4.79 Å². The Bertz CT molecular complexity index is 1180. The van der Waals surface area contributed by atoms with Crippen molar-refractivity contribution in [2.45, 2.75) is 12.5 Å². The van der Waals surface area contributed by atoms with Crippen LogP contribution in [0.3, 0.4) is 0 Å². The van der Waals surface area contributed by atoms with Crippen molar-refractivity contribution >= 4 is 22.9 Å². The highest BCUT2D eigenvalue weighted by Crippen LogP contribution is 2.42. The summed E-state index contributed by atoms with van der Waals surface area (Å²) >= 11 is 1.65. The second-order valence-electron chi connectivity index (χ2n) is 7.16. The zero-order valence-corrected chi connectivity index (χ0v) is 17.6. The molecule has 0 fully saturated rings. The number of ether oxygens (including phenoxy) is 2. The Morgan fingerprint density at radius 2 is 1.97 bits per heavy atom. The van der Waals surface area contributed by atoms with E-state index in [0.717, 1.165) is 22.5 Å². The number of thiophene rings is 1. The number of pyridine rings is 1. The number of imidazole rings is 1. The third-order valence-electron chi connectivity index (χ3n) is 5.53. The van der Waals surface area contributed by atoms with Gasteiger partial charge in [0, 0.05) is 23.8 Å². The minimum atomic E-state index is -0.189. The number of nitrogens with zero attached hydrogens (tertiary/aromatic N) is 3. The fourth-order valence-electron chi connectivity index (χ4n) is 4.10. The molecule has 30 heavy (non-hydrogen) atoms. The van der Waals surface area contributed by atoms with E-state index in [-0.39, 0.29) is 11.9 Å². The van der Waals surface area contributed by atoms with E-state index in [1.807, 2.05) is 57.3 Å². The number of hydrogen-bond acceptors (Lipinski definition) is 5. The molecule has 0 N–H and O–H groups in total. The molecule has 0 saturated carbocycles. The molecule has 1 aliphatic rings. The Morgan fingerprint density at radius 1 is 1.13 bits per heavy atom. The lowest BCUT2D eigenvalue weighted by atomic mass is 9.90. The van der Waals surface area contributed by atoms with E-state index in [4.69, 9.17) is 9.47 Å². The van der Waals surface area contributed by atoms with Crippen molar-refractivity contribution in [2.24, 2.45) is 0 Å². The monoisotopic (exact) mass is 419 g/mol. The average Bonchev–Trinajstić information content (AvgIpc) is 3.46. The molecule has 4 aromatic rings. The summed E-state index contributed by atoms with van der Waals surface area (Å²) in [6, 6.07) is 13.7. The number of carbonyl (C=O) groups excluding carboxylic acids is 1. The number of rotatable bonds is 4. The molecule has 1 aromatic carbocycles. The fraction of sp³-hybridized carbons (Fsp3) is 0.217. The summed E-state index contributed by atoms with van der Waals surface area (Å²) < 4.78 is 12.9. The van der Waals surface area contributed by atoms with E-state index in [0.29, 0.717) is 23.7 Å². The Balaban J connectivity index is 1.61. The fourth-order valence-corrected chi connectivity index (χ4v) is 4.96. The lowest BCUT2D eigenvalue weighted by Gasteiger charge is -2.37. The molecule has 4 heterocycles. The van der Waals surface area contributed by atoms with Crippen LogP contribution in [0.25, 0.3) is 5.65 Å². The molecule has 0 aliphatic carbocycles. The predicted octanol–water partition coefficient (Wildman–Crippen LogP) is 4.20. The summed E-state index contributed by atoms with van der Waals surface area (Å²) in [6.45, 7) is 0.609. The van der Waals surface area contributed by atoms with Gasteiger partial charge in [0.05, 0.1) is 20.3 Å². The third kappa shape index (κ3) is 3.02. The quantitative estimate of drug-likeness (QED) is 0.497. The largest absolute Gasteiger partial charge is 0.493 e. The van der Waals surface area contributed by atoms with Crippen molar-refractivity contribution in [3.63, 3.8) is 0 Å². The summed E-state index contributed by atoms with van der Waals surface area (Å²) in [5.74, 6) is 1.30. The van der Waals surface area contributed by atoms with Crippen molar-refractivity contribution in [2.75, 3.05) is 20.8 Å². The molecule has 5 rings (SSSR count). The van der Waals surface area contributed by atoms with Crippen LogP contribution in [0.2, 0.25) is 0 Å². The zero-order valence-electron chi connectivity index (χ0n) is 16.7. The minimum Gasteiger partial charge on any atom is -0.493 e. The molecule has 7 heteroatoms.